The molecule has 0 radical (unpaired) electrons. The molecule has 124 valence electrons. The fraction of sp³-hybridized carbons (Fsp3) is 0.421. The van der Waals surface area contributed by atoms with E-state index in [9.17, 15) is 4.79 Å². The molecule has 0 atom stereocenters. The van der Waals surface area contributed by atoms with E-state index in [0.29, 0.717) is 26.1 Å². The molecular formula is C19H26N2O2. The van der Waals surface area contributed by atoms with E-state index in [1.54, 1.807) is 7.11 Å². The number of carbonyl (C=O) groups is 1. The van der Waals surface area contributed by atoms with Crippen molar-refractivity contribution in [2.75, 3.05) is 20.3 Å². The van der Waals surface area contributed by atoms with Gasteiger partial charge in [0.1, 0.15) is 0 Å². The fourth-order valence-electron chi connectivity index (χ4n) is 2.67. The van der Waals surface area contributed by atoms with Crippen molar-refractivity contribution in [1.29, 1.82) is 0 Å². The van der Waals surface area contributed by atoms with Crippen molar-refractivity contribution in [3.63, 3.8) is 0 Å². The Morgan fingerprint density at radius 1 is 1.26 bits per heavy atom. The van der Waals surface area contributed by atoms with Crippen molar-refractivity contribution in [3.8, 4) is 0 Å². The molecule has 0 spiro atoms. The van der Waals surface area contributed by atoms with Crippen molar-refractivity contribution < 1.29 is 9.53 Å². The van der Waals surface area contributed by atoms with E-state index < -0.39 is 0 Å². The van der Waals surface area contributed by atoms with Gasteiger partial charge in [-0.15, -0.1) is 0 Å². The van der Waals surface area contributed by atoms with Crippen LogP contribution in [-0.2, 0) is 22.6 Å². The van der Waals surface area contributed by atoms with Gasteiger partial charge in [0.15, 0.2) is 0 Å². The summed E-state index contributed by atoms with van der Waals surface area (Å²) < 4.78 is 7.33. The van der Waals surface area contributed by atoms with Gasteiger partial charge in [-0.3, -0.25) is 4.79 Å². The molecule has 0 aliphatic heterocycles. The van der Waals surface area contributed by atoms with E-state index in [-0.39, 0.29) is 5.91 Å². The molecule has 0 unspecified atom stereocenters. The average molecular weight is 314 g/mol. The standard InChI is InChI=1S/C19H26N2O2/c1-4-19(22)21(11-12-23-3)15-18-9-6-10-20(18)14-17-8-5-7-16(2)13-17/h5-10,13H,4,11-12,14-15H2,1-3H3. The third-order valence-electron chi connectivity index (χ3n) is 3.93. The number of aromatic nitrogens is 1. The summed E-state index contributed by atoms with van der Waals surface area (Å²) in [5.74, 6) is 0.158. The van der Waals surface area contributed by atoms with Gasteiger partial charge in [-0.25, -0.2) is 0 Å². The smallest absolute Gasteiger partial charge is 0.222 e. The first-order valence-corrected chi connectivity index (χ1v) is 8.10. The number of amides is 1. The lowest BCUT2D eigenvalue weighted by Crippen LogP contribution is -2.33. The Hall–Kier alpha value is -2.07. The summed E-state index contributed by atoms with van der Waals surface area (Å²) in [6.07, 6.45) is 2.59. The molecule has 0 aliphatic rings. The summed E-state index contributed by atoms with van der Waals surface area (Å²) in [4.78, 5) is 14.0. The maximum Gasteiger partial charge on any atom is 0.222 e. The molecule has 4 heteroatoms. The monoisotopic (exact) mass is 314 g/mol. The minimum atomic E-state index is 0.158. The number of ether oxygens (including phenoxy) is 1. The molecule has 1 aromatic heterocycles. The van der Waals surface area contributed by atoms with E-state index in [2.05, 4.69) is 48.0 Å². The normalized spacial score (nSPS) is 10.7. The average Bonchev–Trinajstić information content (AvgIpc) is 2.97. The van der Waals surface area contributed by atoms with Gasteiger partial charge < -0.3 is 14.2 Å². The Morgan fingerprint density at radius 2 is 2.09 bits per heavy atom. The molecule has 0 fully saturated rings. The van der Waals surface area contributed by atoms with Crippen LogP contribution >= 0.6 is 0 Å². The molecule has 0 aliphatic carbocycles. The van der Waals surface area contributed by atoms with Crippen LogP contribution in [0.1, 0.15) is 30.2 Å². The summed E-state index contributed by atoms with van der Waals surface area (Å²) in [5, 5.41) is 0. The first-order valence-electron chi connectivity index (χ1n) is 8.10. The van der Waals surface area contributed by atoms with Crippen molar-refractivity contribution >= 4 is 5.91 Å². The van der Waals surface area contributed by atoms with Crippen molar-refractivity contribution in [2.24, 2.45) is 0 Å². The second kappa shape index (κ2) is 8.53. The number of hydrogen-bond acceptors (Lipinski definition) is 2. The maximum atomic E-state index is 12.1. The zero-order valence-corrected chi connectivity index (χ0v) is 14.3. The maximum absolute atomic E-state index is 12.1. The summed E-state index contributed by atoms with van der Waals surface area (Å²) in [6, 6.07) is 12.6. The third kappa shape index (κ3) is 4.96. The molecule has 1 heterocycles. The number of nitrogens with zero attached hydrogens (tertiary/aromatic N) is 2. The fourth-order valence-corrected chi connectivity index (χ4v) is 2.67. The zero-order valence-electron chi connectivity index (χ0n) is 14.3. The van der Waals surface area contributed by atoms with Crippen LogP contribution in [0.25, 0.3) is 0 Å². The minimum Gasteiger partial charge on any atom is -0.383 e. The Kier molecular flexibility index (Phi) is 6.41. The van der Waals surface area contributed by atoms with Crippen LogP contribution in [0.15, 0.2) is 42.6 Å². The van der Waals surface area contributed by atoms with Crippen LogP contribution in [-0.4, -0.2) is 35.6 Å². The quantitative estimate of drug-likeness (QED) is 0.750. The number of rotatable bonds is 8. The Morgan fingerprint density at radius 3 is 2.78 bits per heavy atom. The predicted octanol–water partition coefficient (Wildman–Crippen LogP) is 3.23. The van der Waals surface area contributed by atoms with Crippen molar-refractivity contribution in [3.05, 3.63) is 59.4 Å². The van der Waals surface area contributed by atoms with Gasteiger partial charge in [-0.1, -0.05) is 36.8 Å². The molecule has 0 saturated heterocycles. The predicted molar refractivity (Wildman–Crippen MR) is 92.3 cm³/mol. The Labute approximate surface area is 138 Å². The van der Waals surface area contributed by atoms with E-state index in [0.717, 1.165) is 12.2 Å². The number of aryl methyl sites for hydroxylation is 1. The SMILES string of the molecule is CCC(=O)N(CCOC)Cc1cccn1Cc1cccc(C)c1. The van der Waals surface area contributed by atoms with E-state index in [4.69, 9.17) is 4.74 Å². The summed E-state index contributed by atoms with van der Waals surface area (Å²) in [5.41, 5.74) is 3.68. The second-order valence-corrected chi connectivity index (χ2v) is 5.78. The van der Waals surface area contributed by atoms with Gasteiger partial charge in [0.25, 0.3) is 0 Å². The summed E-state index contributed by atoms with van der Waals surface area (Å²) in [7, 11) is 1.66. The van der Waals surface area contributed by atoms with Crippen LogP contribution in [0.5, 0.6) is 0 Å². The second-order valence-electron chi connectivity index (χ2n) is 5.78. The largest absolute Gasteiger partial charge is 0.383 e. The van der Waals surface area contributed by atoms with Gasteiger partial charge in [0.2, 0.25) is 5.91 Å². The topological polar surface area (TPSA) is 34.5 Å². The van der Waals surface area contributed by atoms with Crippen LogP contribution in [0.4, 0.5) is 0 Å². The van der Waals surface area contributed by atoms with Crippen molar-refractivity contribution in [1.82, 2.24) is 9.47 Å². The number of benzene rings is 1. The van der Waals surface area contributed by atoms with Gasteiger partial charge in [0, 0.05) is 38.5 Å². The lowest BCUT2D eigenvalue weighted by molar-refractivity contribution is -0.132. The lowest BCUT2D eigenvalue weighted by Gasteiger charge is -2.23. The van der Waals surface area contributed by atoms with Crippen LogP contribution in [0, 0.1) is 6.92 Å². The molecule has 0 bridgehead atoms. The van der Waals surface area contributed by atoms with Crippen LogP contribution in [0.2, 0.25) is 0 Å². The van der Waals surface area contributed by atoms with Gasteiger partial charge in [-0.2, -0.15) is 0 Å². The molecule has 2 aromatic rings. The molecule has 1 amide bonds. The molecule has 2 rings (SSSR count). The molecule has 0 saturated carbocycles. The molecule has 0 N–H and O–H groups in total. The molecule has 4 nitrogen and oxygen atoms in total. The van der Waals surface area contributed by atoms with Gasteiger partial charge in [0.05, 0.1) is 13.2 Å². The highest BCUT2D eigenvalue weighted by Gasteiger charge is 2.14. The Bertz CT molecular complexity index is 634. The third-order valence-corrected chi connectivity index (χ3v) is 3.93. The number of carbonyl (C=O) groups excluding carboxylic acids is 1. The summed E-state index contributed by atoms with van der Waals surface area (Å²) in [6.45, 7) is 6.63. The van der Waals surface area contributed by atoms with Gasteiger partial charge in [-0.05, 0) is 24.6 Å². The first kappa shape index (κ1) is 17.3. The zero-order chi connectivity index (χ0) is 16.7. The van der Waals surface area contributed by atoms with E-state index in [1.807, 2.05) is 17.9 Å². The van der Waals surface area contributed by atoms with E-state index in [1.165, 1.54) is 11.1 Å². The summed E-state index contributed by atoms with van der Waals surface area (Å²) >= 11 is 0. The first-order chi connectivity index (χ1) is 11.1. The van der Waals surface area contributed by atoms with Crippen molar-refractivity contribution in [2.45, 2.75) is 33.4 Å². The molecule has 1 aromatic carbocycles. The lowest BCUT2D eigenvalue weighted by atomic mass is 10.1. The molecular weight excluding hydrogens is 288 g/mol. The van der Waals surface area contributed by atoms with Gasteiger partial charge >= 0.3 is 0 Å². The van der Waals surface area contributed by atoms with Crippen LogP contribution in [0.3, 0.4) is 0 Å². The number of hydrogen-bond donors (Lipinski definition) is 0. The highest BCUT2D eigenvalue weighted by atomic mass is 16.5. The number of methoxy groups -OCH3 is 1. The minimum absolute atomic E-state index is 0.158. The van der Waals surface area contributed by atoms with Crippen LogP contribution < -0.4 is 0 Å². The molecule has 23 heavy (non-hydrogen) atoms. The highest BCUT2D eigenvalue weighted by Crippen LogP contribution is 2.12. The Balaban J connectivity index is 2.11. The highest BCUT2D eigenvalue weighted by molar-refractivity contribution is 5.75. The van der Waals surface area contributed by atoms with E-state index >= 15 is 0 Å².